The SMILES string of the molecule is O=C(Cn1cccn1)N(CCc1ccccc1)c1ccccc1. The molecular formula is C19H19N3O. The van der Waals surface area contributed by atoms with Crippen molar-refractivity contribution < 1.29 is 4.79 Å². The molecule has 0 saturated heterocycles. The highest BCUT2D eigenvalue weighted by molar-refractivity contribution is 5.93. The Labute approximate surface area is 136 Å². The molecular weight excluding hydrogens is 286 g/mol. The predicted molar refractivity (Wildman–Crippen MR) is 91.2 cm³/mol. The molecule has 0 saturated carbocycles. The van der Waals surface area contributed by atoms with E-state index < -0.39 is 0 Å². The Morgan fingerprint density at radius 3 is 2.30 bits per heavy atom. The monoisotopic (exact) mass is 305 g/mol. The summed E-state index contributed by atoms with van der Waals surface area (Å²) >= 11 is 0. The Morgan fingerprint density at radius 1 is 0.957 bits per heavy atom. The van der Waals surface area contributed by atoms with Gasteiger partial charge in [0, 0.05) is 24.6 Å². The van der Waals surface area contributed by atoms with Gasteiger partial charge in [-0.05, 0) is 30.2 Å². The zero-order valence-corrected chi connectivity index (χ0v) is 12.9. The number of carbonyl (C=O) groups excluding carboxylic acids is 1. The van der Waals surface area contributed by atoms with Gasteiger partial charge in [0.25, 0.3) is 0 Å². The van der Waals surface area contributed by atoms with E-state index in [-0.39, 0.29) is 12.5 Å². The molecule has 3 rings (SSSR count). The molecule has 1 amide bonds. The van der Waals surface area contributed by atoms with E-state index in [2.05, 4.69) is 17.2 Å². The summed E-state index contributed by atoms with van der Waals surface area (Å²) in [5.74, 6) is 0.0378. The molecule has 4 nitrogen and oxygen atoms in total. The van der Waals surface area contributed by atoms with Gasteiger partial charge in [-0.3, -0.25) is 9.48 Å². The zero-order valence-electron chi connectivity index (χ0n) is 12.9. The standard InChI is InChI=1S/C19H19N3O/c23-19(16-21-14-7-13-20-21)22(18-10-5-2-6-11-18)15-12-17-8-3-1-4-9-17/h1-11,13-14H,12,15-16H2. The van der Waals surface area contributed by atoms with Gasteiger partial charge in [0.1, 0.15) is 6.54 Å². The number of aromatic nitrogens is 2. The lowest BCUT2D eigenvalue weighted by Crippen LogP contribution is -2.35. The van der Waals surface area contributed by atoms with E-state index in [1.165, 1.54) is 5.56 Å². The van der Waals surface area contributed by atoms with Crippen LogP contribution in [0.25, 0.3) is 0 Å². The molecule has 0 aliphatic heterocycles. The van der Waals surface area contributed by atoms with Gasteiger partial charge in [-0.15, -0.1) is 0 Å². The molecule has 0 unspecified atom stereocenters. The molecule has 0 bridgehead atoms. The minimum Gasteiger partial charge on any atom is -0.310 e. The van der Waals surface area contributed by atoms with Gasteiger partial charge in [0.15, 0.2) is 0 Å². The maximum Gasteiger partial charge on any atom is 0.248 e. The van der Waals surface area contributed by atoms with Crippen molar-refractivity contribution in [2.75, 3.05) is 11.4 Å². The molecule has 1 aromatic heterocycles. The minimum atomic E-state index is 0.0378. The van der Waals surface area contributed by atoms with Gasteiger partial charge in [-0.2, -0.15) is 5.10 Å². The van der Waals surface area contributed by atoms with Crippen LogP contribution in [0.2, 0.25) is 0 Å². The molecule has 116 valence electrons. The van der Waals surface area contributed by atoms with Gasteiger partial charge in [0.2, 0.25) is 5.91 Å². The van der Waals surface area contributed by atoms with Crippen LogP contribution in [-0.4, -0.2) is 22.2 Å². The van der Waals surface area contributed by atoms with E-state index >= 15 is 0 Å². The number of carbonyl (C=O) groups is 1. The molecule has 4 heteroatoms. The van der Waals surface area contributed by atoms with Crippen LogP contribution in [0.5, 0.6) is 0 Å². The van der Waals surface area contributed by atoms with Gasteiger partial charge in [-0.25, -0.2) is 0 Å². The van der Waals surface area contributed by atoms with Crippen molar-refractivity contribution in [3.05, 3.63) is 84.7 Å². The molecule has 0 N–H and O–H groups in total. The fraction of sp³-hybridized carbons (Fsp3) is 0.158. The number of nitrogens with zero attached hydrogens (tertiary/aromatic N) is 3. The molecule has 2 aromatic carbocycles. The number of amides is 1. The number of anilines is 1. The number of hydrogen-bond donors (Lipinski definition) is 0. The molecule has 0 radical (unpaired) electrons. The number of para-hydroxylation sites is 1. The highest BCUT2D eigenvalue weighted by Gasteiger charge is 2.16. The van der Waals surface area contributed by atoms with E-state index in [4.69, 9.17) is 0 Å². The number of hydrogen-bond acceptors (Lipinski definition) is 2. The first-order valence-electron chi connectivity index (χ1n) is 7.70. The Morgan fingerprint density at radius 2 is 1.65 bits per heavy atom. The summed E-state index contributed by atoms with van der Waals surface area (Å²) < 4.78 is 1.65. The quantitative estimate of drug-likeness (QED) is 0.701. The van der Waals surface area contributed by atoms with Crippen molar-refractivity contribution >= 4 is 11.6 Å². The summed E-state index contributed by atoms with van der Waals surface area (Å²) in [6.45, 7) is 0.894. The molecule has 1 heterocycles. The van der Waals surface area contributed by atoms with E-state index in [1.807, 2.05) is 59.5 Å². The maximum absolute atomic E-state index is 12.7. The summed E-state index contributed by atoms with van der Waals surface area (Å²) in [6, 6.07) is 21.8. The van der Waals surface area contributed by atoms with Crippen LogP contribution in [0.15, 0.2) is 79.1 Å². The number of rotatable bonds is 6. The minimum absolute atomic E-state index is 0.0378. The maximum atomic E-state index is 12.7. The predicted octanol–water partition coefficient (Wildman–Crippen LogP) is 3.16. The average Bonchev–Trinajstić information content (AvgIpc) is 3.10. The van der Waals surface area contributed by atoms with E-state index in [0.717, 1.165) is 12.1 Å². The van der Waals surface area contributed by atoms with Gasteiger partial charge in [-0.1, -0.05) is 48.5 Å². The van der Waals surface area contributed by atoms with Gasteiger partial charge >= 0.3 is 0 Å². The lowest BCUT2D eigenvalue weighted by Gasteiger charge is -2.23. The summed E-state index contributed by atoms with van der Waals surface area (Å²) in [6.07, 6.45) is 4.31. The normalized spacial score (nSPS) is 10.4. The van der Waals surface area contributed by atoms with Crippen molar-refractivity contribution in [1.82, 2.24) is 9.78 Å². The Bertz CT molecular complexity index is 724. The lowest BCUT2D eigenvalue weighted by atomic mass is 10.1. The van der Waals surface area contributed by atoms with E-state index in [1.54, 1.807) is 17.1 Å². The fourth-order valence-corrected chi connectivity index (χ4v) is 2.51. The van der Waals surface area contributed by atoms with Crippen molar-refractivity contribution in [3.8, 4) is 0 Å². The van der Waals surface area contributed by atoms with Crippen LogP contribution in [0.3, 0.4) is 0 Å². The molecule has 0 aliphatic rings. The third-order valence-corrected chi connectivity index (χ3v) is 3.69. The Kier molecular flexibility index (Phi) is 4.84. The second kappa shape index (κ2) is 7.40. The molecule has 23 heavy (non-hydrogen) atoms. The van der Waals surface area contributed by atoms with Crippen molar-refractivity contribution in [3.63, 3.8) is 0 Å². The van der Waals surface area contributed by atoms with Crippen molar-refractivity contribution in [1.29, 1.82) is 0 Å². The molecule has 3 aromatic rings. The Hall–Kier alpha value is -2.88. The average molecular weight is 305 g/mol. The Balaban J connectivity index is 1.75. The van der Waals surface area contributed by atoms with Crippen molar-refractivity contribution in [2.45, 2.75) is 13.0 Å². The second-order valence-corrected chi connectivity index (χ2v) is 5.32. The van der Waals surface area contributed by atoms with Crippen molar-refractivity contribution in [2.24, 2.45) is 0 Å². The zero-order chi connectivity index (χ0) is 15.9. The summed E-state index contributed by atoms with van der Waals surface area (Å²) in [5.41, 5.74) is 2.14. The van der Waals surface area contributed by atoms with Crippen LogP contribution < -0.4 is 4.90 Å². The molecule has 0 aliphatic carbocycles. The third-order valence-electron chi connectivity index (χ3n) is 3.69. The topological polar surface area (TPSA) is 38.1 Å². The van der Waals surface area contributed by atoms with E-state index in [0.29, 0.717) is 6.54 Å². The first-order chi connectivity index (χ1) is 11.3. The largest absolute Gasteiger partial charge is 0.310 e. The van der Waals surface area contributed by atoms with Gasteiger partial charge in [0.05, 0.1) is 0 Å². The first kappa shape index (κ1) is 15.0. The van der Waals surface area contributed by atoms with Crippen LogP contribution in [0, 0.1) is 0 Å². The fourth-order valence-electron chi connectivity index (χ4n) is 2.51. The van der Waals surface area contributed by atoms with Crippen LogP contribution in [0.4, 0.5) is 5.69 Å². The van der Waals surface area contributed by atoms with Gasteiger partial charge < -0.3 is 4.90 Å². The highest BCUT2D eigenvalue weighted by atomic mass is 16.2. The molecule has 0 spiro atoms. The second-order valence-electron chi connectivity index (χ2n) is 5.32. The van der Waals surface area contributed by atoms with Crippen LogP contribution >= 0.6 is 0 Å². The summed E-state index contributed by atoms with van der Waals surface area (Å²) in [5, 5.41) is 4.12. The van der Waals surface area contributed by atoms with E-state index in [9.17, 15) is 4.79 Å². The number of benzene rings is 2. The van der Waals surface area contributed by atoms with Crippen LogP contribution in [-0.2, 0) is 17.8 Å². The summed E-state index contributed by atoms with van der Waals surface area (Å²) in [4.78, 5) is 14.5. The molecule has 0 atom stereocenters. The third kappa shape index (κ3) is 4.07. The smallest absolute Gasteiger partial charge is 0.248 e. The van der Waals surface area contributed by atoms with Crippen LogP contribution in [0.1, 0.15) is 5.56 Å². The summed E-state index contributed by atoms with van der Waals surface area (Å²) in [7, 11) is 0. The first-order valence-corrected chi connectivity index (χ1v) is 7.70. The molecule has 0 fully saturated rings. The lowest BCUT2D eigenvalue weighted by molar-refractivity contribution is -0.119. The highest BCUT2D eigenvalue weighted by Crippen LogP contribution is 2.15.